The maximum absolute atomic E-state index is 11.9. The van der Waals surface area contributed by atoms with Gasteiger partial charge in [-0.05, 0) is 23.3 Å². The number of hydrogen-bond donors (Lipinski definition) is 1. The molecule has 2 rings (SSSR count). The molecule has 1 N–H and O–H groups in total. The number of benzene rings is 2. The normalized spacial score (nSPS) is 12.0. The van der Waals surface area contributed by atoms with Gasteiger partial charge in [-0.2, -0.15) is 0 Å². The van der Waals surface area contributed by atoms with Crippen molar-refractivity contribution >= 4 is 18.2 Å². The number of carbonyl (C=O) groups excluding carboxylic acids is 1. The van der Waals surface area contributed by atoms with Gasteiger partial charge in [-0.25, -0.2) is 9.59 Å². The molecule has 5 nitrogen and oxygen atoms in total. The minimum Gasteiger partial charge on any atom is -0.478 e. The molecule has 0 spiro atoms. The second-order valence-corrected chi connectivity index (χ2v) is 4.93. The van der Waals surface area contributed by atoms with E-state index in [0.717, 1.165) is 11.1 Å². The van der Waals surface area contributed by atoms with Gasteiger partial charge in [-0.15, -0.1) is 0 Å². The highest BCUT2D eigenvalue weighted by atomic mass is 16.5. The van der Waals surface area contributed by atoms with E-state index in [1.54, 1.807) is 18.3 Å². The summed E-state index contributed by atoms with van der Waals surface area (Å²) in [6.07, 6.45) is 1.99. The predicted octanol–water partition coefficient (Wildman–Crippen LogP) is 2.59. The molecule has 0 amide bonds. The SMILES string of the molecule is COC(=O)[C@@H](Cc1ccccc1)N=Cc1ccc(C(=O)O)cc1. The molecule has 0 heterocycles. The summed E-state index contributed by atoms with van der Waals surface area (Å²) in [7, 11) is 1.33. The first-order valence-electron chi connectivity index (χ1n) is 7.08. The largest absolute Gasteiger partial charge is 0.478 e. The third kappa shape index (κ3) is 4.78. The van der Waals surface area contributed by atoms with Crippen molar-refractivity contribution in [3.63, 3.8) is 0 Å². The van der Waals surface area contributed by atoms with Crippen LogP contribution in [0.5, 0.6) is 0 Å². The van der Waals surface area contributed by atoms with Crippen molar-refractivity contribution in [3.8, 4) is 0 Å². The zero-order valence-electron chi connectivity index (χ0n) is 12.7. The first kappa shape index (κ1) is 16.4. The number of carbonyl (C=O) groups is 2. The maximum atomic E-state index is 11.9. The Morgan fingerprint density at radius 1 is 1.13 bits per heavy atom. The number of nitrogens with zero attached hydrogens (tertiary/aromatic N) is 1. The molecule has 0 aliphatic heterocycles. The summed E-state index contributed by atoms with van der Waals surface area (Å²) in [5.41, 5.74) is 1.91. The van der Waals surface area contributed by atoms with Gasteiger partial charge in [-0.3, -0.25) is 4.99 Å². The summed E-state index contributed by atoms with van der Waals surface area (Å²) in [6, 6.07) is 15.2. The van der Waals surface area contributed by atoms with Crippen LogP contribution in [0.4, 0.5) is 0 Å². The Morgan fingerprint density at radius 2 is 1.78 bits per heavy atom. The number of carboxylic acids is 1. The molecule has 0 saturated carbocycles. The molecule has 2 aromatic carbocycles. The third-order valence-corrected chi connectivity index (χ3v) is 3.31. The summed E-state index contributed by atoms with van der Waals surface area (Å²) >= 11 is 0. The van der Waals surface area contributed by atoms with Crippen molar-refractivity contribution in [2.75, 3.05) is 7.11 Å². The quantitative estimate of drug-likeness (QED) is 0.657. The standard InChI is InChI=1S/C18H17NO4/c1-23-18(22)16(11-13-5-3-2-4-6-13)19-12-14-7-9-15(10-8-14)17(20)21/h2-10,12,16H,11H2,1H3,(H,20,21)/t16-/m1/s1. The van der Waals surface area contributed by atoms with E-state index in [1.165, 1.54) is 19.2 Å². The van der Waals surface area contributed by atoms with E-state index in [9.17, 15) is 9.59 Å². The molecule has 0 aliphatic rings. The summed E-state index contributed by atoms with van der Waals surface area (Å²) in [4.78, 5) is 27.0. The van der Waals surface area contributed by atoms with Crippen LogP contribution in [-0.2, 0) is 16.0 Å². The minimum absolute atomic E-state index is 0.205. The Bertz CT molecular complexity index is 693. The number of ether oxygens (including phenoxy) is 1. The molecule has 23 heavy (non-hydrogen) atoms. The number of methoxy groups -OCH3 is 1. The van der Waals surface area contributed by atoms with E-state index in [2.05, 4.69) is 4.99 Å². The van der Waals surface area contributed by atoms with Crippen LogP contribution in [0.3, 0.4) is 0 Å². The van der Waals surface area contributed by atoms with Crippen molar-refractivity contribution in [1.82, 2.24) is 0 Å². The summed E-state index contributed by atoms with van der Waals surface area (Å²) < 4.78 is 4.79. The monoisotopic (exact) mass is 311 g/mol. The van der Waals surface area contributed by atoms with Crippen molar-refractivity contribution in [2.24, 2.45) is 4.99 Å². The Morgan fingerprint density at radius 3 is 2.35 bits per heavy atom. The highest BCUT2D eigenvalue weighted by Gasteiger charge is 2.17. The van der Waals surface area contributed by atoms with Crippen molar-refractivity contribution < 1.29 is 19.4 Å². The van der Waals surface area contributed by atoms with Gasteiger partial charge in [0.15, 0.2) is 6.04 Å². The highest BCUT2D eigenvalue weighted by molar-refractivity contribution is 5.89. The van der Waals surface area contributed by atoms with Crippen molar-refractivity contribution in [3.05, 3.63) is 71.3 Å². The summed E-state index contributed by atoms with van der Waals surface area (Å²) in [6.45, 7) is 0. The van der Waals surface area contributed by atoms with Crippen LogP contribution in [0.25, 0.3) is 0 Å². The Balaban J connectivity index is 2.13. The first-order chi connectivity index (χ1) is 11.1. The average Bonchev–Trinajstić information content (AvgIpc) is 2.59. The molecule has 118 valence electrons. The van der Waals surface area contributed by atoms with E-state index in [-0.39, 0.29) is 5.56 Å². The molecule has 0 fully saturated rings. The number of hydrogen-bond acceptors (Lipinski definition) is 4. The van der Waals surface area contributed by atoms with E-state index < -0.39 is 18.0 Å². The molecule has 0 saturated heterocycles. The number of aromatic carboxylic acids is 1. The third-order valence-electron chi connectivity index (χ3n) is 3.31. The molecule has 1 atom stereocenters. The molecule has 0 aromatic heterocycles. The highest BCUT2D eigenvalue weighted by Crippen LogP contribution is 2.09. The van der Waals surface area contributed by atoms with Gasteiger partial charge in [0.2, 0.25) is 0 Å². The number of aliphatic imine (C=N–C) groups is 1. The summed E-state index contributed by atoms with van der Waals surface area (Å²) in [5.74, 6) is -1.39. The lowest BCUT2D eigenvalue weighted by atomic mass is 10.1. The van der Waals surface area contributed by atoms with Crippen LogP contribution in [0.1, 0.15) is 21.5 Å². The first-order valence-corrected chi connectivity index (χ1v) is 7.08. The second-order valence-electron chi connectivity index (χ2n) is 4.93. The minimum atomic E-state index is -0.981. The lowest BCUT2D eigenvalue weighted by Gasteiger charge is -2.10. The van der Waals surface area contributed by atoms with Crippen LogP contribution in [0, 0.1) is 0 Å². The van der Waals surface area contributed by atoms with Gasteiger partial charge in [0, 0.05) is 12.6 Å². The second kappa shape index (κ2) is 7.89. The molecular weight excluding hydrogens is 294 g/mol. The molecular formula is C18H17NO4. The molecule has 0 unspecified atom stereocenters. The molecule has 0 bridgehead atoms. The molecule has 0 radical (unpaired) electrons. The van der Waals surface area contributed by atoms with Crippen LogP contribution in [0.15, 0.2) is 59.6 Å². The van der Waals surface area contributed by atoms with E-state index in [4.69, 9.17) is 9.84 Å². The van der Waals surface area contributed by atoms with E-state index in [0.29, 0.717) is 6.42 Å². The fraction of sp³-hybridized carbons (Fsp3) is 0.167. The van der Waals surface area contributed by atoms with Crippen LogP contribution in [-0.4, -0.2) is 36.4 Å². The zero-order chi connectivity index (χ0) is 16.7. The van der Waals surface area contributed by atoms with Gasteiger partial charge in [0.05, 0.1) is 12.7 Å². The van der Waals surface area contributed by atoms with Crippen molar-refractivity contribution in [2.45, 2.75) is 12.5 Å². The van der Waals surface area contributed by atoms with Gasteiger partial charge < -0.3 is 9.84 Å². The number of carboxylic acid groups (broad SMARTS) is 1. The topological polar surface area (TPSA) is 76.0 Å². The Kier molecular flexibility index (Phi) is 5.63. The lowest BCUT2D eigenvalue weighted by molar-refractivity contribution is -0.142. The predicted molar refractivity (Wildman–Crippen MR) is 86.9 cm³/mol. The fourth-order valence-corrected chi connectivity index (χ4v) is 2.06. The van der Waals surface area contributed by atoms with Gasteiger partial charge in [-0.1, -0.05) is 42.5 Å². The maximum Gasteiger partial charge on any atom is 0.335 e. The fourth-order valence-electron chi connectivity index (χ4n) is 2.06. The van der Waals surface area contributed by atoms with Crippen LogP contribution < -0.4 is 0 Å². The van der Waals surface area contributed by atoms with Gasteiger partial charge in [0.1, 0.15) is 0 Å². The molecule has 5 heteroatoms. The number of rotatable bonds is 6. The van der Waals surface area contributed by atoms with Crippen LogP contribution in [0.2, 0.25) is 0 Å². The van der Waals surface area contributed by atoms with E-state index in [1.807, 2.05) is 30.3 Å². The Labute approximate surface area is 134 Å². The molecule has 0 aliphatic carbocycles. The smallest absolute Gasteiger partial charge is 0.335 e. The van der Waals surface area contributed by atoms with Gasteiger partial charge in [0.25, 0.3) is 0 Å². The van der Waals surface area contributed by atoms with Gasteiger partial charge >= 0.3 is 11.9 Å². The molecule has 2 aromatic rings. The van der Waals surface area contributed by atoms with E-state index >= 15 is 0 Å². The number of esters is 1. The zero-order valence-corrected chi connectivity index (χ0v) is 12.7. The average molecular weight is 311 g/mol. The summed E-state index contributed by atoms with van der Waals surface area (Å²) in [5, 5.41) is 8.87. The van der Waals surface area contributed by atoms with Crippen molar-refractivity contribution in [1.29, 1.82) is 0 Å². The Hall–Kier alpha value is -2.95. The lowest BCUT2D eigenvalue weighted by Crippen LogP contribution is -2.23. The van der Waals surface area contributed by atoms with Crippen LogP contribution >= 0.6 is 0 Å².